The van der Waals surface area contributed by atoms with Gasteiger partial charge in [0.25, 0.3) is 5.91 Å². The summed E-state index contributed by atoms with van der Waals surface area (Å²) in [5.74, 6) is -0.795. The molecular weight excluding hydrogens is 522 g/mol. The number of nitrogens with one attached hydrogen (secondary N) is 1. The average molecular weight is 543 g/mol. The van der Waals surface area contributed by atoms with E-state index in [4.69, 9.17) is 34.8 Å². The second-order valence-electron chi connectivity index (χ2n) is 4.98. The van der Waals surface area contributed by atoms with Gasteiger partial charge < -0.3 is 27.9 Å². The Labute approximate surface area is 184 Å². The van der Waals surface area contributed by atoms with Gasteiger partial charge in [0.1, 0.15) is 0 Å². The zero-order chi connectivity index (χ0) is 18.2. The molecule has 1 atom stereocenters. The van der Waals surface area contributed by atoms with Crippen molar-refractivity contribution in [2.75, 3.05) is 5.88 Å². The molecule has 0 fully saturated rings. The third-order valence-electron chi connectivity index (χ3n) is 3.38. The molecule has 0 bridgehead atoms. The van der Waals surface area contributed by atoms with Crippen LogP contribution in [0.25, 0.3) is 0 Å². The Balaban J connectivity index is 0. The maximum Gasteiger partial charge on any atom is 0.252 e. The van der Waals surface area contributed by atoms with Crippen LogP contribution < -0.4 is 5.32 Å². The SMILES string of the molecule is CCC(C)(NC(=O)c1cc(Cl)c(C)c(Cl)c1)C(=O)CCl.C[CH-]I.[V]. The first-order valence-electron chi connectivity index (χ1n) is 6.92. The van der Waals surface area contributed by atoms with Crippen molar-refractivity contribution in [1.82, 2.24) is 5.32 Å². The minimum atomic E-state index is -0.997. The quantitative estimate of drug-likeness (QED) is 0.299. The maximum absolute atomic E-state index is 12.2. The Morgan fingerprint density at radius 2 is 1.71 bits per heavy atom. The zero-order valence-corrected chi connectivity index (χ0v) is 19.7. The van der Waals surface area contributed by atoms with Gasteiger partial charge in [-0.05, 0) is 38.0 Å². The first-order valence-corrected chi connectivity index (χ1v) is 9.45. The summed E-state index contributed by atoms with van der Waals surface area (Å²) in [6.45, 7) is 7.20. The fourth-order valence-corrected chi connectivity index (χ4v) is 2.38. The van der Waals surface area contributed by atoms with Crippen LogP contribution in [0.5, 0.6) is 0 Å². The number of alkyl halides is 1. The van der Waals surface area contributed by atoms with Crippen LogP contribution in [-0.4, -0.2) is 23.1 Å². The predicted molar refractivity (Wildman–Crippen MR) is 107 cm³/mol. The molecule has 8 heteroatoms. The molecule has 0 aliphatic rings. The molecule has 0 aromatic heterocycles. The van der Waals surface area contributed by atoms with Gasteiger partial charge in [-0.15, -0.1) is 11.6 Å². The second-order valence-corrected chi connectivity index (χ2v) is 7.31. The van der Waals surface area contributed by atoms with Crippen molar-refractivity contribution in [1.29, 1.82) is 0 Å². The Bertz CT molecular complexity index is 549. The number of hydrogen-bond donors (Lipinski definition) is 1. The van der Waals surface area contributed by atoms with E-state index in [1.807, 2.05) is 11.4 Å². The standard InChI is InChI=1S/C14H16Cl3NO2.C2H4I.V/c1-4-14(3,12(19)7-15)18-13(20)9-5-10(16)8(2)11(17)6-9;1-2-3;/h5-6H,4,7H2,1-3H3,(H,18,20);2H,1H3;/q;-1;. The molecule has 0 aliphatic heterocycles. The van der Waals surface area contributed by atoms with Gasteiger partial charge in [0.05, 0.1) is 11.4 Å². The van der Waals surface area contributed by atoms with E-state index in [2.05, 4.69) is 27.9 Å². The van der Waals surface area contributed by atoms with Gasteiger partial charge in [-0.1, -0.05) is 30.1 Å². The number of hydrogen-bond acceptors (Lipinski definition) is 2. The molecule has 0 aliphatic carbocycles. The van der Waals surface area contributed by atoms with E-state index < -0.39 is 11.4 Å². The van der Waals surface area contributed by atoms with Gasteiger partial charge in [-0.25, -0.2) is 0 Å². The molecule has 1 N–H and O–H groups in total. The summed E-state index contributed by atoms with van der Waals surface area (Å²) in [5, 5.41) is 3.51. The van der Waals surface area contributed by atoms with Crippen LogP contribution in [0, 0.1) is 11.4 Å². The molecule has 135 valence electrons. The molecule has 0 saturated carbocycles. The molecule has 1 unspecified atom stereocenters. The minimum Gasteiger partial charge on any atom is -0.340 e. The van der Waals surface area contributed by atoms with Crippen molar-refractivity contribution in [3.8, 4) is 0 Å². The van der Waals surface area contributed by atoms with Crippen molar-refractivity contribution < 1.29 is 28.1 Å². The summed E-state index contributed by atoms with van der Waals surface area (Å²) in [4.78, 5) is 24.1. The Morgan fingerprint density at radius 1 is 1.29 bits per heavy atom. The van der Waals surface area contributed by atoms with Gasteiger partial charge in [0.15, 0.2) is 5.78 Å². The van der Waals surface area contributed by atoms with Crippen molar-refractivity contribution in [3.05, 3.63) is 37.7 Å². The molecule has 0 heterocycles. The molecule has 0 saturated heterocycles. The largest absolute Gasteiger partial charge is 0.340 e. The van der Waals surface area contributed by atoms with Gasteiger partial charge >= 0.3 is 0 Å². The average Bonchev–Trinajstić information content (AvgIpc) is 2.51. The van der Waals surface area contributed by atoms with Crippen LogP contribution in [0.3, 0.4) is 0 Å². The fourth-order valence-electron chi connectivity index (χ4n) is 1.60. The molecule has 1 radical (unpaired) electrons. The number of amides is 1. The topological polar surface area (TPSA) is 46.2 Å². The zero-order valence-electron chi connectivity index (χ0n) is 13.9. The van der Waals surface area contributed by atoms with E-state index in [0.717, 1.165) is 0 Å². The number of ketones is 1. The van der Waals surface area contributed by atoms with Crippen LogP contribution in [-0.2, 0) is 23.4 Å². The number of carbonyl (C=O) groups is 2. The van der Waals surface area contributed by atoms with Gasteiger partial charge in [0.2, 0.25) is 0 Å². The summed E-state index contributed by atoms with van der Waals surface area (Å²) in [6, 6.07) is 3.05. The van der Waals surface area contributed by atoms with Crippen LogP contribution in [0.2, 0.25) is 10.0 Å². The summed E-state index contributed by atoms with van der Waals surface area (Å²) in [6.07, 6.45) is 0.442. The summed E-state index contributed by atoms with van der Waals surface area (Å²) >= 11 is 19.7. The van der Waals surface area contributed by atoms with Gasteiger partial charge in [0, 0.05) is 34.2 Å². The fraction of sp³-hybridized carbons (Fsp3) is 0.438. The number of Topliss-reactive ketones (excluding diaryl/α,β-unsaturated/α-hetero) is 1. The first kappa shape index (κ1) is 26.8. The Hall–Kier alpha value is 0.544. The summed E-state index contributed by atoms with van der Waals surface area (Å²) < 4.78 is 1.97. The van der Waals surface area contributed by atoms with E-state index in [1.54, 1.807) is 20.8 Å². The van der Waals surface area contributed by atoms with E-state index in [1.165, 1.54) is 12.1 Å². The number of halogens is 4. The van der Waals surface area contributed by atoms with E-state index in [9.17, 15) is 9.59 Å². The van der Waals surface area contributed by atoms with Crippen LogP contribution >= 0.6 is 57.4 Å². The molecule has 1 aromatic carbocycles. The molecule has 24 heavy (non-hydrogen) atoms. The summed E-state index contributed by atoms with van der Waals surface area (Å²) in [5.41, 5.74) is 0.0236. The van der Waals surface area contributed by atoms with Crippen LogP contribution in [0.4, 0.5) is 0 Å². The predicted octanol–water partition coefficient (Wildman–Crippen LogP) is 5.61. The molecule has 1 amide bonds. The number of carbonyl (C=O) groups excluding carboxylic acids is 2. The monoisotopic (exact) mass is 541 g/mol. The van der Waals surface area contributed by atoms with Gasteiger partial charge in [-0.2, -0.15) is 6.92 Å². The maximum atomic E-state index is 12.2. The normalized spacial score (nSPS) is 12.2. The van der Waals surface area contributed by atoms with Crippen molar-refractivity contribution in [2.24, 2.45) is 0 Å². The molecular formula is C16H20Cl3INO2V-. The smallest absolute Gasteiger partial charge is 0.252 e. The molecule has 1 rings (SSSR count). The Kier molecular flexibility index (Phi) is 14.3. The van der Waals surface area contributed by atoms with E-state index in [0.29, 0.717) is 27.6 Å². The van der Waals surface area contributed by atoms with Crippen molar-refractivity contribution in [3.63, 3.8) is 0 Å². The van der Waals surface area contributed by atoms with Crippen LogP contribution in [0.15, 0.2) is 12.1 Å². The molecule has 1 aromatic rings. The Morgan fingerprint density at radius 3 is 2.04 bits per heavy atom. The van der Waals surface area contributed by atoms with Crippen LogP contribution in [0.1, 0.15) is 43.1 Å². The molecule has 0 spiro atoms. The third-order valence-corrected chi connectivity index (χ3v) is 4.40. The minimum absolute atomic E-state index is 0. The van der Waals surface area contributed by atoms with Crippen molar-refractivity contribution in [2.45, 2.75) is 39.7 Å². The van der Waals surface area contributed by atoms with Gasteiger partial charge in [-0.3, -0.25) is 14.0 Å². The van der Waals surface area contributed by atoms with Crippen molar-refractivity contribution >= 4 is 69.1 Å². The second kappa shape index (κ2) is 12.8. The van der Waals surface area contributed by atoms with E-state index >= 15 is 0 Å². The molecule has 3 nitrogen and oxygen atoms in total. The number of benzene rings is 1. The number of rotatable bonds is 5. The summed E-state index contributed by atoms with van der Waals surface area (Å²) in [7, 11) is 0. The first-order chi connectivity index (χ1) is 10.7. The van der Waals surface area contributed by atoms with E-state index in [-0.39, 0.29) is 30.2 Å². The third kappa shape index (κ3) is 7.84.